The van der Waals surface area contributed by atoms with Gasteiger partial charge in [0.05, 0.1) is 11.3 Å². The first kappa shape index (κ1) is 11.5. The number of amides is 1. The number of β-amino-alcohol motifs (C(OH)–C–C–N with tert-alkyl or cyclic N) is 1. The maximum Gasteiger partial charge on any atom is 0.267 e. The lowest BCUT2D eigenvalue weighted by atomic mass is 9.95. The summed E-state index contributed by atoms with van der Waals surface area (Å²) in [4.78, 5) is 14.4. The van der Waals surface area contributed by atoms with E-state index in [9.17, 15) is 9.90 Å². The third-order valence-corrected chi connectivity index (χ3v) is 3.62. The van der Waals surface area contributed by atoms with Crippen molar-refractivity contribution in [2.24, 2.45) is 0 Å². The highest BCUT2D eigenvalue weighted by Crippen LogP contribution is 2.23. The van der Waals surface area contributed by atoms with Crippen LogP contribution in [0.4, 0.5) is 0 Å². The number of hydrogen-bond acceptors (Lipinski definition) is 5. The van der Waals surface area contributed by atoms with E-state index in [0.717, 1.165) is 24.4 Å². The Balaban J connectivity index is 2.14. The molecule has 16 heavy (non-hydrogen) atoms. The zero-order valence-electron chi connectivity index (χ0n) is 9.43. The molecule has 0 spiro atoms. The predicted molar refractivity (Wildman–Crippen MR) is 60.4 cm³/mol. The fourth-order valence-corrected chi connectivity index (χ4v) is 2.59. The second kappa shape index (κ2) is 4.10. The van der Waals surface area contributed by atoms with Gasteiger partial charge in [-0.15, -0.1) is 5.10 Å². The zero-order valence-corrected chi connectivity index (χ0v) is 10.3. The van der Waals surface area contributed by atoms with E-state index >= 15 is 0 Å². The van der Waals surface area contributed by atoms with Crippen LogP contribution in [-0.4, -0.2) is 44.2 Å². The van der Waals surface area contributed by atoms with Crippen LogP contribution in [0.1, 0.15) is 35.1 Å². The molecule has 88 valence electrons. The molecule has 1 N–H and O–H groups in total. The van der Waals surface area contributed by atoms with E-state index in [-0.39, 0.29) is 5.91 Å². The molecule has 1 aromatic heterocycles. The standard InChI is InChI=1S/C10H15N3O2S/c1-7-8(16-12-11-7)9(14)13-5-3-4-10(2,15)6-13/h15H,3-6H2,1-2H3. The lowest BCUT2D eigenvalue weighted by molar-refractivity contribution is -0.0106. The quantitative estimate of drug-likeness (QED) is 0.791. The number of nitrogens with zero attached hydrogens (tertiary/aromatic N) is 3. The number of aliphatic hydroxyl groups is 1. The van der Waals surface area contributed by atoms with Crippen LogP contribution in [0.3, 0.4) is 0 Å². The molecule has 5 nitrogen and oxygen atoms in total. The van der Waals surface area contributed by atoms with E-state index in [4.69, 9.17) is 0 Å². The summed E-state index contributed by atoms with van der Waals surface area (Å²) in [5.74, 6) is -0.0625. The van der Waals surface area contributed by atoms with E-state index in [1.165, 1.54) is 0 Å². The van der Waals surface area contributed by atoms with Crippen LogP contribution >= 0.6 is 11.5 Å². The molecule has 0 aliphatic carbocycles. The van der Waals surface area contributed by atoms with Crippen LogP contribution in [0.25, 0.3) is 0 Å². The smallest absolute Gasteiger partial charge is 0.267 e. The number of aromatic nitrogens is 2. The van der Waals surface area contributed by atoms with Gasteiger partial charge in [0.25, 0.3) is 5.91 Å². The molecule has 1 aliphatic rings. The molecule has 1 unspecified atom stereocenters. The number of rotatable bonds is 1. The molecule has 0 saturated carbocycles. The normalized spacial score (nSPS) is 25.8. The summed E-state index contributed by atoms with van der Waals surface area (Å²) >= 11 is 1.12. The summed E-state index contributed by atoms with van der Waals surface area (Å²) in [5, 5.41) is 13.8. The van der Waals surface area contributed by atoms with E-state index in [2.05, 4.69) is 9.59 Å². The van der Waals surface area contributed by atoms with Crippen LogP contribution < -0.4 is 0 Å². The van der Waals surface area contributed by atoms with E-state index in [1.807, 2.05) is 0 Å². The highest BCUT2D eigenvalue weighted by Gasteiger charge is 2.32. The Morgan fingerprint density at radius 2 is 2.38 bits per heavy atom. The molecule has 6 heteroatoms. The fraction of sp³-hybridized carbons (Fsp3) is 0.700. The molecule has 1 amide bonds. The van der Waals surface area contributed by atoms with E-state index in [1.54, 1.807) is 18.7 Å². The van der Waals surface area contributed by atoms with Crippen molar-refractivity contribution in [3.63, 3.8) is 0 Å². The Morgan fingerprint density at radius 1 is 1.62 bits per heavy atom. The molecule has 1 saturated heterocycles. The maximum absolute atomic E-state index is 12.1. The molecule has 1 fully saturated rings. The van der Waals surface area contributed by atoms with Gasteiger partial charge in [-0.3, -0.25) is 4.79 Å². The summed E-state index contributed by atoms with van der Waals surface area (Å²) in [6.45, 7) is 4.64. The minimum absolute atomic E-state index is 0.0625. The van der Waals surface area contributed by atoms with Gasteiger partial charge < -0.3 is 10.0 Å². The van der Waals surface area contributed by atoms with Gasteiger partial charge in [-0.1, -0.05) is 4.49 Å². The maximum atomic E-state index is 12.1. The fourth-order valence-electron chi connectivity index (χ4n) is 1.96. The van der Waals surface area contributed by atoms with Crippen molar-refractivity contribution in [3.05, 3.63) is 10.6 Å². The Labute approximate surface area is 98.2 Å². The largest absolute Gasteiger partial charge is 0.388 e. The summed E-state index contributed by atoms with van der Waals surface area (Å²) in [5.41, 5.74) is -0.0971. The molecule has 2 heterocycles. The average molecular weight is 241 g/mol. The molecule has 1 aromatic rings. The summed E-state index contributed by atoms with van der Waals surface area (Å²) < 4.78 is 3.76. The second-order valence-corrected chi connectivity index (χ2v) is 5.27. The van der Waals surface area contributed by atoms with Gasteiger partial charge in [0.15, 0.2) is 0 Å². The first-order valence-electron chi connectivity index (χ1n) is 5.30. The van der Waals surface area contributed by atoms with Crippen LogP contribution in [0, 0.1) is 6.92 Å². The Hall–Kier alpha value is -1.01. The highest BCUT2D eigenvalue weighted by molar-refractivity contribution is 7.07. The van der Waals surface area contributed by atoms with Gasteiger partial charge in [0.2, 0.25) is 0 Å². The summed E-state index contributed by atoms with van der Waals surface area (Å²) in [6, 6.07) is 0. The van der Waals surface area contributed by atoms with Crippen LogP contribution in [0.15, 0.2) is 0 Å². The van der Waals surface area contributed by atoms with E-state index in [0.29, 0.717) is 23.7 Å². The van der Waals surface area contributed by atoms with Gasteiger partial charge in [0, 0.05) is 13.1 Å². The monoisotopic (exact) mass is 241 g/mol. The number of likely N-dealkylation sites (tertiary alicyclic amines) is 1. The van der Waals surface area contributed by atoms with Gasteiger partial charge in [0.1, 0.15) is 4.88 Å². The van der Waals surface area contributed by atoms with Crippen molar-refractivity contribution in [1.29, 1.82) is 0 Å². The third kappa shape index (κ3) is 2.22. The van der Waals surface area contributed by atoms with Gasteiger partial charge in [-0.05, 0) is 38.2 Å². The van der Waals surface area contributed by atoms with Crippen molar-refractivity contribution in [2.75, 3.05) is 13.1 Å². The molecule has 1 aliphatic heterocycles. The first-order chi connectivity index (χ1) is 7.49. The number of hydrogen-bond donors (Lipinski definition) is 1. The molecule has 0 bridgehead atoms. The molecular weight excluding hydrogens is 226 g/mol. The number of piperidine rings is 1. The molecule has 1 atom stereocenters. The first-order valence-corrected chi connectivity index (χ1v) is 6.07. The molecule has 0 radical (unpaired) electrons. The summed E-state index contributed by atoms with van der Waals surface area (Å²) in [7, 11) is 0. The second-order valence-electron chi connectivity index (χ2n) is 4.51. The minimum Gasteiger partial charge on any atom is -0.388 e. The highest BCUT2D eigenvalue weighted by atomic mass is 32.1. The number of aryl methyl sites for hydroxylation is 1. The molecular formula is C10H15N3O2S. The number of carbonyl (C=O) groups is 1. The topological polar surface area (TPSA) is 66.3 Å². The Bertz CT molecular complexity index is 403. The van der Waals surface area contributed by atoms with Crippen molar-refractivity contribution in [2.45, 2.75) is 32.3 Å². The van der Waals surface area contributed by atoms with Crippen molar-refractivity contribution in [1.82, 2.24) is 14.5 Å². The van der Waals surface area contributed by atoms with Crippen LogP contribution in [0.5, 0.6) is 0 Å². The van der Waals surface area contributed by atoms with E-state index < -0.39 is 5.60 Å². The SMILES string of the molecule is Cc1nnsc1C(=O)N1CCCC(C)(O)C1. The minimum atomic E-state index is -0.764. The zero-order chi connectivity index (χ0) is 11.8. The van der Waals surface area contributed by atoms with Crippen LogP contribution in [0.2, 0.25) is 0 Å². The molecule has 0 aromatic carbocycles. The van der Waals surface area contributed by atoms with Crippen molar-refractivity contribution >= 4 is 17.4 Å². The van der Waals surface area contributed by atoms with Gasteiger partial charge in [-0.25, -0.2) is 0 Å². The predicted octanol–water partition coefficient (Wildman–Crippen LogP) is 0.834. The van der Waals surface area contributed by atoms with Crippen LogP contribution in [-0.2, 0) is 0 Å². The van der Waals surface area contributed by atoms with Crippen molar-refractivity contribution in [3.8, 4) is 0 Å². The van der Waals surface area contributed by atoms with Crippen molar-refractivity contribution < 1.29 is 9.90 Å². The number of carbonyl (C=O) groups excluding carboxylic acids is 1. The van der Waals surface area contributed by atoms with Gasteiger partial charge >= 0.3 is 0 Å². The lowest BCUT2D eigenvalue weighted by Gasteiger charge is -2.36. The lowest BCUT2D eigenvalue weighted by Crippen LogP contribution is -2.48. The Kier molecular flexibility index (Phi) is 2.94. The molecule has 2 rings (SSSR count). The third-order valence-electron chi connectivity index (χ3n) is 2.81. The Morgan fingerprint density at radius 3 is 2.94 bits per heavy atom. The summed E-state index contributed by atoms with van der Waals surface area (Å²) in [6.07, 6.45) is 1.58. The van der Waals surface area contributed by atoms with Gasteiger partial charge in [-0.2, -0.15) is 0 Å². The average Bonchev–Trinajstić information content (AvgIpc) is 2.62.